The zero-order valence-electron chi connectivity index (χ0n) is 12.8. The van der Waals surface area contributed by atoms with E-state index in [2.05, 4.69) is 23.2 Å². The molecule has 0 aliphatic heterocycles. The van der Waals surface area contributed by atoms with Crippen molar-refractivity contribution in [3.05, 3.63) is 34.9 Å². The Hall–Kier alpha value is -0.650. The highest BCUT2D eigenvalue weighted by Crippen LogP contribution is 2.25. The van der Waals surface area contributed by atoms with E-state index in [4.69, 9.17) is 21.8 Å². The third kappa shape index (κ3) is 6.76. The summed E-state index contributed by atoms with van der Waals surface area (Å²) >= 11 is 6.30. The molecule has 0 heterocycles. The Morgan fingerprint density at radius 3 is 2.38 bits per heavy atom. The molecule has 1 unspecified atom stereocenters. The Morgan fingerprint density at radius 2 is 1.81 bits per heavy atom. The lowest BCUT2D eigenvalue weighted by atomic mass is 10.0. The third-order valence-corrected chi connectivity index (χ3v) is 3.83. The van der Waals surface area contributed by atoms with Gasteiger partial charge in [-0.2, -0.15) is 0 Å². The van der Waals surface area contributed by atoms with Gasteiger partial charge in [0.25, 0.3) is 0 Å². The zero-order chi connectivity index (χ0) is 15.5. The van der Waals surface area contributed by atoms with Crippen LogP contribution in [0.25, 0.3) is 0 Å². The molecule has 0 aromatic heterocycles. The van der Waals surface area contributed by atoms with Crippen LogP contribution in [-0.4, -0.2) is 54.5 Å². The van der Waals surface area contributed by atoms with Gasteiger partial charge < -0.3 is 15.5 Å². The number of nitrogens with one attached hydrogen (secondary N) is 1. The standard InChI is InChI=1S/C16H27ClN2O2/c1-2-8-18-16(14-5-3-4-6-15(14)17)7-9-19(10-12-20)11-13-21/h3-6,16,18,20-21H,2,7-13H2,1H3. The molecule has 0 saturated carbocycles. The number of hydrogen-bond donors (Lipinski definition) is 3. The molecule has 1 atom stereocenters. The Labute approximate surface area is 132 Å². The summed E-state index contributed by atoms with van der Waals surface area (Å²) in [6.45, 7) is 5.29. The van der Waals surface area contributed by atoms with Crippen LogP contribution in [0.15, 0.2) is 24.3 Å². The van der Waals surface area contributed by atoms with Gasteiger partial charge in [0, 0.05) is 30.7 Å². The molecule has 0 amide bonds. The van der Waals surface area contributed by atoms with E-state index in [9.17, 15) is 0 Å². The van der Waals surface area contributed by atoms with Crippen LogP contribution in [-0.2, 0) is 0 Å². The van der Waals surface area contributed by atoms with Crippen molar-refractivity contribution in [1.29, 1.82) is 0 Å². The number of hydrogen-bond acceptors (Lipinski definition) is 4. The second-order valence-electron chi connectivity index (χ2n) is 5.11. The van der Waals surface area contributed by atoms with Gasteiger partial charge in [-0.25, -0.2) is 0 Å². The highest BCUT2D eigenvalue weighted by Gasteiger charge is 2.15. The minimum Gasteiger partial charge on any atom is -0.395 e. The molecule has 0 bridgehead atoms. The molecule has 0 saturated heterocycles. The van der Waals surface area contributed by atoms with Crippen molar-refractivity contribution in [2.24, 2.45) is 0 Å². The van der Waals surface area contributed by atoms with E-state index in [-0.39, 0.29) is 19.3 Å². The minimum atomic E-state index is 0.110. The summed E-state index contributed by atoms with van der Waals surface area (Å²) in [5.41, 5.74) is 1.11. The smallest absolute Gasteiger partial charge is 0.0558 e. The van der Waals surface area contributed by atoms with Crippen molar-refractivity contribution in [3.63, 3.8) is 0 Å². The summed E-state index contributed by atoms with van der Waals surface area (Å²) in [6.07, 6.45) is 1.96. The predicted octanol–water partition coefficient (Wildman–Crippen LogP) is 2.06. The Balaban J connectivity index is 2.67. The lowest BCUT2D eigenvalue weighted by molar-refractivity contribution is 0.156. The Bertz CT molecular complexity index is 384. The molecule has 0 spiro atoms. The molecule has 1 aromatic carbocycles. The van der Waals surface area contributed by atoms with Gasteiger partial charge in [-0.05, 0) is 31.0 Å². The minimum absolute atomic E-state index is 0.110. The van der Waals surface area contributed by atoms with Gasteiger partial charge in [0.05, 0.1) is 13.2 Å². The predicted molar refractivity (Wildman–Crippen MR) is 87.7 cm³/mol. The molecule has 1 rings (SSSR count). The van der Waals surface area contributed by atoms with E-state index in [1.165, 1.54) is 0 Å². The molecule has 3 N–H and O–H groups in total. The van der Waals surface area contributed by atoms with Crippen LogP contribution >= 0.6 is 11.6 Å². The summed E-state index contributed by atoms with van der Waals surface area (Å²) in [7, 11) is 0. The SMILES string of the molecule is CCCNC(CCN(CCO)CCO)c1ccccc1Cl. The summed E-state index contributed by atoms with van der Waals surface area (Å²) in [5, 5.41) is 22.5. The van der Waals surface area contributed by atoms with Crippen molar-refractivity contribution < 1.29 is 10.2 Å². The van der Waals surface area contributed by atoms with E-state index in [1.807, 2.05) is 18.2 Å². The first-order chi connectivity index (χ1) is 10.2. The summed E-state index contributed by atoms with van der Waals surface area (Å²) < 4.78 is 0. The highest BCUT2D eigenvalue weighted by molar-refractivity contribution is 6.31. The lowest BCUT2D eigenvalue weighted by Gasteiger charge is -2.25. The van der Waals surface area contributed by atoms with Gasteiger partial charge in [0.15, 0.2) is 0 Å². The molecule has 5 heteroatoms. The number of aliphatic hydroxyl groups is 2. The van der Waals surface area contributed by atoms with Crippen LogP contribution in [0, 0.1) is 0 Å². The monoisotopic (exact) mass is 314 g/mol. The molecular weight excluding hydrogens is 288 g/mol. The van der Waals surface area contributed by atoms with Gasteiger partial charge in [-0.1, -0.05) is 36.7 Å². The molecule has 120 valence electrons. The first kappa shape index (κ1) is 18.4. The maximum Gasteiger partial charge on any atom is 0.0558 e. The lowest BCUT2D eigenvalue weighted by Crippen LogP contribution is -2.33. The molecule has 1 aromatic rings. The normalized spacial score (nSPS) is 12.8. The van der Waals surface area contributed by atoms with Crippen molar-refractivity contribution in [3.8, 4) is 0 Å². The largest absolute Gasteiger partial charge is 0.395 e. The summed E-state index contributed by atoms with van der Waals surface area (Å²) in [6, 6.07) is 8.10. The van der Waals surface area contributed by atoms with E-state index in [0.717, 1.165) is 36.5 Å². The van der Waals surface area contributed by atoms with Gasteiger partial charge in [0.2, 0.25) is 0 Å². The van der Waals surface area contributed by atoms with Crippen LogP contribution in [0.2, 0.25) is 5.02 Å². The third-order valence-electron chi connectivity index (χ3n) is 3.49. The second-order valence-corrected chi connectivity index (χ2v) is 5.51. The average molecular weight is 315 g/mol. The highest BCUT2D eigenvalue weighted by atomic mass is 35.5. The maximum atomic E-state index is 9.07. The fourth-order valence-corrected chi connectivity index (χ4v) is 2.64. The van der Waals surface area contributed by atoms with E-state index in [0.29, 0.717) is 13.1 Å². The average Bonchev–Trinajstić information content (AvgIpc) is 2.49. The van der Waals surface area contributed by atoms with Gasteiger partial charge in [-0.15, -0.1) is 0 Å². The molecule has 4 nitrogen and oxygen atoms in total. The molecule has 21 heavy (non-hydrogen) atoms. The zero-order valence-corrected chi connectivity index (χ0v) is 13.5. The molecule has 0 radical (unpaired) electrons. The molecule has 0 aliphatic carbocycles. The first-order valence-corrected chi connectivity index (χ1v) is 8.02. The molecular formula is C16H27ClN2O2. The van der Waals surface area contributed by atoms with E-state index in [1.54, 1.807) is 0 Å². The second kappa shape index (κ2) is 11.0. The number of nitrogens with zero attached hydrogens (tertiary/aromatic N) is 1. The number of aliphatic hydroxyl groups excluding tert-OH is 2. The molecule has 0 aliphatic rings. The molecule has 0 fully saturated rings. The van der Waals surface area contributed by atoms with Gasteiger partial charge >= 0.3 is 0 Å². The summed E-state index contributed by atoms with van der Waals surface area (Å²) in [4.78, 5) is 2.07. The first-order valence-electron chi connectivity index (χ1n) is 7.64. The van der Waals surface area contributed by atoms with Crippen molar-refractivity contribution >= 4 is 11.6 Å². The Kier molecular flexibility index (Phi) is 9.63. The van der Waals surface area contributed by atoms with Crippen LogP contribution in [0.3, 0.4) is 0 Å². The van der Waals surface area contributed by atoms with Crippen molar-refractivity contribution in [2.75, 3.05) is 39.4 Å². The quantitative estimate of drug-likeness (QED) is 0.585. The van der Waals surface area contributed by atoms with Gasteiger partial charge in [-0.3, -0.25) is 4.90 Å². The fourth-order valence-electron chi connectivity index (χ4n) is 2.37. The van der Waals surface area contributed by atoms with Crippen molar-refractivity contribution in [2.45, 2.75) is 25.8 Å². The number of rotatable bonds is 11. The fraction of sp³-hybridized carbons (Fsp3) is 0.625. The van der Waals surface area contributed by atoms with Gasteiger partial charge in [0.1, 0.15) is 0 Å². The van der Waals surface area contributed by atoms with Crippen LogP contribution in [0.4, 0.5) is 0 Å². The number of halogens is 1. The van der Waals surface area contributed by atoms with Crippen molar-refractivity contribution in [1.82, 2.24) is 10.2 Å². The van der Waals surface area contributed by atoms with Crippen LogP contribution < -0.4 is 5.32 Å². The summed E-state index contributed by atoms with van der Waals surface area (Å²) in [5.74, 6) is 0. The topological polar surface area (TPSA) is 55.7 Å². The van der Waals surface area contributed by atoms with E-state index >= 15 is 0 Å². The van der Waals surface area contributed by atoms with Crippen LogP contribution in [0.1, 0.15) is 31.4 Å². The maximum absolute atomic E-state index is 9.07. The number of benzene rings is 1. The Morgan fingerprint density at radius 1 is 1.14 bits per heavy atom. The van der Waals surface area contributed by atoms with Crippen LogP contribution in [0.5, 0.6) is 0 Å². The van der Waals surface area contributed by atoms with E-state index < -0.39 is 0 Å².